The molecule has 0 saturated carbocycles. The molecule has 0 spiro atoms. The number of aliphatic carboxylic acids is 1. The van der Waals surface area contributed by atoms with E-state index in [0.717, 1.165) is 0 Å². The fourth-order valence-electron chi connectivity index (χ4n) is 1.88. The molecule has 0 fully saturated rings. The maximum absolute atomic E-state index is 11.0. The van der Waals surface area contributed by atoms with Gasteiger partial charge in [-0.25, -0.2) is 4.79 Å². The van der Waals surface area contributed by atoms with Gasteiger partial charge in [0.1, 0.15) is 11.5 Å². The number of ether oxygens (including phenoxy) is 1. The molecule has 20 heavy (non-hydrogen) atoms. The van der Waals surface area contributed by atoms with Crippen LogP contribution in [0.1, 0.15) is 5.56 Å². The second-order valence-electron chi connectivity index (χ2n) is 4.08. The molecule has 0 atom stereocenters. The number of methoxy groups -OCH3 is 1. The van der Waals surface area contributed by atoms with Crippen LogP contribution in [-0.4, -0.2) is 35.6 Å². The van der Waals surface area contributed by atoms with Gasteiger partial charge in [0.15, 0.2) is 0 Å². The fourth-order valence-corrected chi connectivity index (χ4v) is 1.88. The van der Waals surface area contributed by atoms with Gasteiger partial charge < -0.3 is 20.4 Å². The Morgan fingerprint density at radius 2 is 2.25 bits per heavy atom. The number of allylic oxidation sites excluding steroid dienone is 1. The van der Waals surface area contributed by atoms with Crippen molar-refractivity contribution in [3.63, 3.8) is 0 Å². The Labute approximate surface area is 115 Å². The predicted octanol–water partition coefficient (Wildman–Crippen LogP) is 1.37. The summed E-state index contributed by atoms with van der Waals surface area (Å²) in [6.45, 7) is 0.358. The van der Waals surface area contributed by atoms with E-state index in [1.807, 2.05) is 0 Å². The van der Waals surface area contributed by atoms with E-state index in [9.17, 15) is 10.0 Å². The van der Waals surface area contributed by atoms with Gasteiger partial charge in [-0.1, -0.05) is 23.4 Å². The summed E-state index contributed by atoms with van der Waals surface area (Å²) >= 11 is 0. The summed E-state index contributed by atoms with van der Waals surface area (Å²) < 4.78 is 5.11. The number of oxime groups is 1. The van der Waals surface area contributed by atoms with E-state index in [0.29, 0.717) is 23.6 Å². The summed E-state index contributed by atoms with van der Waals surface area (Å²) in [5, 5.41) is 24.5. The van der Waals surface area contributed by atoms with Crippen molar-refractivity contribution in [3.05, 3.63) is 53.3 Å². The number of carboxylic acid groups (broad SMARTS) is 1. The Kier molecular flexibility index (Phi) is 4.05. The van der Waals surface area contributed by atoms with Crippen molar-refractivity contribution in [2.24, 2.45) is 5.16 Å². The van der Waals surface area contributed by atoms with E-state index in [1.165, 1.54) is 13.2 Å². The van der Waals surface area contributed by atoms with Gasteiger partial charge in [-0.3, -0.25) is 0 Å². The molecule has 1 heterocycles. The van der Waals surface area contributed by atoms with E-state index < -0.39 is 5.97 Å². The SMILES string of the molecule is COc1cccc(/C(=N/O)C2=CC(C(=O)O)=CCN2)c1. The van der Waals surface area contributed by atoms with Crippen LogP contribution in [0.15, 0.2) is 52.8 Å². The summed E-state index contributed by atoms with van der Waals surface area (Å²) in [5.74, 6) is -0.402. The highest BCUT2D eigenvalue weighted by atomic mass is 16.5. The molecule has 0 amide bonds. The minimum Gasteiger partial charge on any atom is -0.497 e. The molecular weight excluding hydrogens is 260 g/mol. The van der Waals surface area contributed by atoms with Crippen molar-refractivity contribution in [1.82, 2.24) is 5.32 Å². The second kappa shape index (κ2) is 5.92. The third-order valence-corrected chi connectivity index (χ3v) is 2.86. The molecule has 6 nitrogen and oxygen atoms in total. The zero-order valence-corrected chi connectivity index (χ0v) is 10.8. The number of hydrogen-bond acceptors (Lipinski definition) is 5. The summed E-state index contributed by atoms with van der Waals surface area (Å²) in [7, 11) is 1.54. The second-order valence-corrected chi connectivity index (χ2v) is 4.08. The van der Waals surface area contributed by atoms with E-state index in [2.05, 4.69) is 10.5 Å². The van der Waals surface area contributed by atoms with Crippen molar-refractivity contribution in [3.8, 4) is 5.75 Å². The van der Waals surface area contributed by atoms with E-state index in [4.69, 9.17) is 9.84 Å². The van der Waals surface area contributed by atoms with Gasteiger partial charge in [-0.05, 0) is 18.2 Å². The average molecular weight is 274 g/mol. The molecule has 1 aromatic rings. The first-order valence-electron chi connectivity index (χ1n) is 5.91. The molecule has 1 aromatic carbocycles. The summed E-state index contributed by atoms with van der Waals surface area (Å²) in [6, 6.07) is 6.98. The molecule has 1 aliphatic rings. The molecule has 2 rings (SSSR count). The number of carboxylic acids is 1. The van der Waals surface area contributed by atoms with Crippen LogP contribution < -0.4 is 10.1 Å². The number of hydrogen-bond donors (Lipinski definition) is 3. The molecule has 3 N–H and O–H groups in total. The molecule has 0 aliphatic carbocycles. The van der Waals surface area contributed by atoms with Crippen LogP contribution in [0.2, 0.25) is 0 Å². The number of dihydropyridines is 1. The molecule has 0 aromatic heterocycles. The van der Waals surface area contributed by atoms with Gasteiger partial charge in [-0.15, -0.1) is 0 Å². The Balaban J connectivity index is 2.38. The van der Waals surface area contributed by atoms with E-state index in [1.54, 1.807) is 30.3 Å². The zero-order chi connectivity index (χ0) is 14.5. The smallest absolute Gasteiger partial charge is 0.335 e. The minimum absolute atomic E-state index is 0.155. The average Bonchev–Trinajstić information content (AvgIpc) is 2.48. The summed E-state index contributed by atoms with van der Waals surface area (Å²) in [5.41, 5.74) is 1.48. The minimum atomic E-state index is -1.02. The lowest BCUT2D eigenvalue weighted by Crippen LogP contribution is -2.26. The highest BCUT2D eigenvalue weighted by Gasteiger charge is 2.17. The van der Waals surface area contributed by atoms with Crippen molar-refractivity contribution in [2.75, 3.05) is 13.7 Å². The van der Waals surface area contributed by atoms with E-state index >= 15 is 0 Å². The quantitative estimate of drug-likeness (QED) is 0.438. The monoisotopic (exact) mass is 274 g/mol. The standard InChI is InChI=1S/C14H14N2O4/c1-20-11-4-2-3-9(7-11)13(16-19)12-8-10(14(17)18)5-6-15-12/h2-5,7-8,15,19H,6H2,1H3,(H,17,18)/b16-13-. The van der Waals surface area contributed by atoms with Gasteiger partial charge in [0.25, 0.3) is 0 Å². The number of nitrogens with zero attached hydrogens (tertiary/aromatic N) is 1. The van der Waals surface area contributed by atoms with Gasteiger partial charge in [-0.2, -0.15) is 0 Å². The molecule has 104 valence electrons. The highest BCUT2D eigenvalue weighted by Crippen LogP contribution is 2.18. The van der Waals surface area contributed by atoms with Crippen LogP contribution in [-0.2, 0) is 4.79 Å². The van der Waals surface area contributed by atoms with Crippen molar-refractivity contribution < 1.29 is 19.8 Å². The van der Waals surface area contributed by atoms with Gasteiger partial charge in [0.05, 0.1) is 18.4 Å². The van der Waals surface area contributed by atoms with Crippen LogP contribution in [0.25, 0.3) is 0 Å². The van der Waals surface area contributed by atoms with Crippen molar-refractivity contribution in [2.45, 2.75) is 0 Å². The predicted molar refractivity (Wildman–Crippen MR) is 73.1 cm³/mol. The van der Waals surface area contributed by atoms with Gasteiger partial charge >= 0.3 is 5.97 Å². The maximum atomic E-state index is 11.0. The molecule has 0 saturated heterocycles. The molecule has 0 radical (unpaired) electrons. The number of carbonyl (C=O) groups is 1. The van der Waals surface area contributed by atoms with Gasteiger partial charge in [0, 0.05) is 12.1 Å². The Hall–Kier alpha value is -2.76. The molecule has 6 heteroatoms. The molecule has 0 unspecified atom stereocenters. The first kappa shape index (κ1) is 13.7. The molecule has 0 bridgehead atoms. The number of nitrogens with one attached hydrogen (secondary N) is 1. The van der Waals surface area contributed by atoms with Crippen molar-refractivity contribution >= 4 is 11.7 Å². The largest absolute Gasteiger partial charge is 0.497 e. The van der Waals surface area contributed by atoms with Crippen molar-refractivity contribution in [1.29, 1.82) is 0 Å². The normalized spacial score (nSPS) is 14.9. The zero-order valence-electron chi connectivity index (χ0n) is 10.8. The Morgan fingerprint density at radius 3 is 2.90 bits per heavy atom. The molecule has 1 aliphatic heterocycles. The lowest BCUT2D eigenvalue weighted by molar-refractivity contribution is -0.132. The third kappa shape index (κ3) is 2.80. The highest BCUT2D eigenvalue weighted by molar-refractivity contribution is 6.13. The van der Waals surface area contributed by atoms with Gasteiger partial charge in [0.2, 0.25) is 0 Å². The summed E-state index contributed by atoms with van der Waals surface area (Å²) in [4.78, 5) is 11.0. The van der Waals surface area contributed by atoms with E-state index in [-0.39, 0.29) is 11.3 Å². The summed E-state index contributed by atoms with van der Waals surface area (Å²) in [6.07, 6.45) is 2.98. The Morgan fingerprint density at radius 1 is 1.45 bits per heavy atom. The first-order chi connectivity index (χ1) is 9.65. The van der Waals surface area contributed by atoms with Crippen LogP contribution in [0.4, 0.5) is 0 Å². The van der Waals surface area contributed by atoms with Crippen LogP contribution >= 0.6 is 0 Å². The van der Waals surface area contributed by atoms with Crippen LogP contribution in [0.5, 0.6) is 5.75 Å². The lowest BCUT2D eigenvalue weighted by Gasteiger charge is -2.16. The third-order valence-electron chi connectivity index (χ3n) is 2.86. The first-order valence-corrected chi connectivity index (χ1v) is 5.91. The maximum Gasteiger partial charge on any atom is 0.335 e. The number of rotatable bonds is 4. The molecular formula is C14H14N2O4. The fraction of sp³-hybridized carbons (Fsp3) is 0.143. The van der Waals surface area contributed by atoms with Crippen LogP contribution in [0, 0.1) is 0 Å². The lowest BCUT2D eigenvalue weighted by atomic mass is 10.0. The Bertz CT molecular complexity index is 617. The van der Waals surface area contributed by atoms with Crippen LogP contribution in [0.3, 0.4) is 0 Å². The number of benzene rings is 1. The topological polar surface area (TPSA) is 91.2 Å².